The third-order valence-corrected chi connectivity index (χ3v) is 4.47. The van der Waals surface area contributed by atoms with Gasteiger partial charge in [-0.2, -0.15) is 0 Å². The van der Waals surface area contributed by atoms with Crippen molar-refractivity contribution in [3.63, 3.8) is 0 Å². The van der Waals surface area contributed by atoms with Gasteiger partial charge in [0.05, 0.1) is 0 Å². The topological polar surface area (TPSA) is 0 Å². The lowest BCUT2D eigenvalue weighted by atomic mass is 9.69. The molecule has 0 heteroatoms. The highest BCUT2D eigenvalue weighted by atomic mass is 14.4. The predicted octanol–water partition coefficient (Wildman–Crippen LogP) is 4.73. The van der Waals surface area contributed by atoms with Gasteiger partial charge in [-0.25, -0.2) is 0 Å². The molecule has 2 atom stereocenters. The van der Waals surface area contributed by atoms with E-state index in [0.717, 1.165) is 11.8 Å². The van der Waals surface area contributed by atoms with Crippen LogP contribution in [-0.4, -0.2) is 0 Å². The molecule has 0 aromatic heterocycles. The normalized spacial score (nSPS) is 35.4. The Hall–Kier alpha value is -0.520. The smallest absolute Gasteiger partial charge is 0.0139 e. The Labute approximate surface area is 94.5 Å². The van der Waals surface area contributed by atoms with E-state index >= 15 is 0 Å². The summed E-state index contributed by atoms with van der Waals surface area (Å²) < 4.78 is 0. The summed E-state index contributed by atoms with van der Waals surface area (Å²) in [5.41, 5.74) is 3.46. The van der Waals surface area contributed by atoms with Crippen molar-refractivity contribution < 1.29 is 0 Å². The molecule has 0 amide bonds. The largest absolute Gasteiger partial charge is 0.0958 e. The van der Waals surface area contributed by atoms with E-state index in [2.05, 4.69) is 33.4 Å². The SMILES string of the molecule is C=C1C=C2[C@@H](CC1)[C@H](C)CCCC2(C)C. The van der Waals surface area contributed by atoms with Gasteiger partial charge in [-0.15, -0.1) is 0 Å². The van der Waals surface area contributed by atoms with Crippen molar-refractivity contribution in [2.75, 3.05) is 0 Å². The highest BCUT2D eigenvalue weighted by molar-refractivity contribution is 5.31. The fourth-order valence-electron chi connectivity index (χ4n) is 3.40. The average Bonchev–Trinajstić information content (AvgIpc) is 2.26. The van der Waals surface area contributed by atoms with Crippen LogP contribution < -0.4 is 0 Å². The molecule has 0 aromatic rings. The summed E-state index contributed by atoms with van der Waals surface area (Å²) in [5, 5.41) is 0. The third-order valence-electron chi connectivity index (χ3n) is 4.47. The van der Waals surface area contributed by atoms with Gasteiger partial charge in [-0.05, 0) is 36.5 Å². The van der Waals surface area contributed by atoms with Crippen molar-refractivity contribution in [1.29, 1.82) is 0 Å². The average molecular weight is 204 g/mol. The maximum absolute atomic E-state index is 4.15. The first-order chi connectivity index (χ1) is 7.00. The van der Waals surface area contributed by atoms with Crippen LogP contribution in [0.5, 0.6) is 0 Å². The van der Waals surface area contributed by atoms with Crippen molar-refractivity contribution >= 4 is 0 Å². The first-order valence-electron chi connectivity index (χ1n) is 6.40. The quantitative estimate of drug-likeness (QED) is 0.535. The van der Waals surface area contributed by atoms with E-state index in [-0.39, 0.29) is 0 Å². The second-order valence-electron chi connectivity index (χ2n) is 6.16. The molecule has 0 spiro atoms. The molecule has 2 aliphatic carbocycles. The van der Waals surface area contributed by atoms with Crippen LogP contribution in [0.25, 0.3) is 0 Å². The van der Waals surface area contributed by atoms with Crippen LogP contribution in [0, 0.1) is 17.3 Å². The number of hydrogen-bond acceptors (Lipinski definition) is 0. The zero-order chi connectivity index (χ0) is 11.1. The Morgan fingerprint density at radius 2 is 2.07 bits per heavy atom. The third kappa shape index (κ3) is 2.04. The Morgan fingerprint density at radius 1 is 1.33 bits per heavy atom. The predicted molar refractivity (Wildman–Crippen MR) is 66.7 cm³/mol. The minimum absolute atomic E-state index is 0.415. The molecule has 0 heterocycles. The maximum atomic E-state index is 4.15. The Kier molecular flexibility index (Phi) is 2.79. The maximum Gasteiger partial charge on any atom is -0.0139 e. The molecule has 1 fully saturated rings. The van der Waals surface area contributed by atoms with Crippen LogP contribution in [0.4, 0.5) is 0 Å². The van der Waals surface area contributed by atoms with E-state index < -0.39 is 0 Å². The van der Waals surface area contributed by atoms with Crippen molar-refractivity contribution in [2.24, 2.45) is 17.3 Å². The Morgan fingerprint density at radius 3 is 2.80 bits per heavy atom. The van der Waals surface area contributed by atoms with Gasteiger partial charge in [-0.3, -0.25) is 0 Å². The number of fused-ring (bicyclic) bond motifs is 1. The zero-order valence-corrected chi connectivity index (χ0v) is 10.5. The van der Waals surface area contributed by atoms with Crippen LogP contribution >= 0.6 is 0 Å². The molecule has 0 bridgehead atoms. The molecule has 0 radical (unpaired) electrons. The number of hydrogen-bond donors (Lipinski definition) is 0. The van der Waals surface area contributed by atoms with Crippen molar-refractivity contribution in [1.82, 2.24) is 0 Å². The van der Waals surface area contributed by atoms with Gasteiger partial charge in [0.15, 0.2) is 0 Å². The van der Waals surface area contributed by atoms with Crippen molar-refractivity contribution in [3.8, 4) is 0 Å². The molecule has 0 aliphatic heterocycles. The van der Waals surface area contributed by atoms with E-state index in [1.807, 2.05) is 0 Å². The lowest BCUT2D eigenvalue weighted by Gasteiger charge is -2.36. The van der Waals surface area contributed by atoms with Gasteiger partial charge in [0.1, 0.15) is 0 Å². The molecule has 2 aliphatic rings. The molecule has 15 heavy (non-hydrogen) atoms. The highest BCUT2D eigenvalue weighted by Crippen LogP contribution is 2.48. The zero-order valence-electron chi connectivity index (χ0n) is 10.5. The molecule has 0 aromatic carbocycles. The number of rotatable bonds is 0. The van der Waals surface area contributed by atoms with E-state index in [4.69, 9.17) is 0 Å². The fourth-order valence-corrected chi connectivity index (χ4v) is 3.40. The van der Waals surface area contributed by atoms with E-state index in [0.29, 0.717) is 5.41 Å². The molecular formula is C15H24. The molecule has 84 valence electrons. The molecule has 1 saturated carbocycles. The van der Waals surface area contributed by atoms with E-state index in [9.17, 15) is 0 Å². The molecule has 0 nitrogen and oxygen atoms in total. The summed E-state index contributed by atoms with van der Waals surface area (Å²) >= 11 is 0. The monoisotopic (exact) mass is 204 g/mol. The van der Waals surface area contributed by atoms with Crippen LogP contribution in [-0.2, 0) is 0 Å². The minimum Gasteiger partial charge on any atom is -0.0958 e. The van der Waals surface area contributed by atoms with Crippen LogP contribution in [0.3, 0.4) is 0 Å². The summed E-state index contributed by atoms with van der Waals surface area (Å²) in [6.45, 7) is 11.4. The highest BCUT2D eigenvalue weighted by Gasteiger charge is 2.36. The van der Waals surface area contributed by atoms with Gasteiger partial charge in [0, 0.05) is 0 Å². The Bertz CT molecular complexity index is 293. The summed E-state index contributed by atoms with van der Waals surface area (Å²) in [5.74, 6) is 1.72. The molecule has 0 unspecified atom stereocenters. The lowest BCUT2D eigenvalue weighted by molar-refractivity contribution is 0.328. The standard InChI is InChI=1S/C15H24/c1-11-7-8-13-12(2)6-5-9-15(3,4)14(13)10-11/h10,12-13H,1,5-9H2,2-4H3/t12-,13+/m1/s1. The van der Waals surface area contributed by atoms with Crippen molar-refractivity contribution in [3.05, 3.63) is 23.8 Å². The molecular weight excluding hydrogens is 180 g/mol. The first-order valence-corrected chi connectivity index (χ1v) is 6.40. The second kappa shape index (κ2) is 3.81. The number of allylic oxidation sites excluding steroid dienone is 3. The van der Waals surface area contributed by atoms with E-state index in [1.165, 1.54) is 37.7 Å². The van der Waals surface area contributed by atoms with Gasteiger partial charge < -0.3 is 0 Å². The van der Waals surface area contributed by atoms with Gasteiger partial charge in [-0.1, -0.05) is 57.4 Å². The summed E-state index contributed by atoms with van der Waals surface area (Å²) in [6, 6.07) is 0. The Balaban J connectivity index is 2.37. The van der Waals surface area contributed by atoms with Crippen LogP contribution in [0.1, 0.15) is 52.9 Å². The van der Waals surface area contributed by atoms with Crippen LogP contribution in [0.2, 0.25) is 0 Å². The van der Waals surface area contributed by atoms with Gasteiger partial charge in [0.2, 0.25) is 0 Å². The van der Waals surface area contributed by atoms with Gasteiger partial charge in [0.25, 0.3) is 0 Å². The van der Waals surface area contributed by atoms with Gasteiger partial charge >= 0.3 is 0 Å². The van der Waals surface area contributed by atoms with Crippen LogP contribution in [0.15, 0.2) is 23.8 Å². The van der Waals surface area contributed by atoms with E-state index in [1.54, 1.807) is 5.57 Å². The molecule has 0 N–H and O–H groups in total. The lowest BCUT2D eigenvalue weighted by Crippen LogP contribution is -2.25. The minimum atomic E-state index is 0.415. The first kappa shape index (κ1) is 11.0. The van der Waals surface area contributed by atoms with Crippen molar-refractivity contribution in [2.45, 2.75) is 52.9 Å². The second-order valence-corrected chi connectivity index (χ2v) is 6.16. The molecule has 0 saturated heterocycles. The summed E-state index contributed by atoms with van der Waals surface area (Å²) in [7, 11) is 0. The summed E-state index contributed by atoms with van der Waals surface area (Å²) in [6.07, 6.45) is 9.14. The summed E-state index contributed by atoms with van der Waals surface area (Å²) in [4.78, 5) is 0. The molecule has 2 rings (SSSR count). The fraction of sp³-hybridized carbons (Fsp3) is 0.733.